The summed E-state index contributed by atoms with van der Waals surface area (Å²) < 4.78 is 4.69. The van der Waals surface area contributed by atoms with Gasteiger partial charge in [0.05, 0.1) is 35.2 Å². The summed E-state index contributed by atoms with van der Waals surface area (Å²) in [7, 11) is 1.26. The van der Waals surface area contributed by atoms with E-state index in [1.54, 1.807) is 6.07 Å². The molecule has 5 nitrogen and oxygen atoms in total. The second-order valence-electron chi connectivity index (χ2n) is 6.17. The van der Waals surface area contributed by atoms with Crippen molar-refractivity contribution in [3.05, 3.63) is 40.9 Å². The quantitative estimate of drug-likeness (QED) is 0.474. The molecule has 4 rings (SSSR count). The van der Waals surface area contributed by atoms with Gasteiger partial charge in [0.1, 0.15) is 0 Å². The number of hydrogen-bond donors (Lipinski definition) is 0. The van der Waals surface area contributed by atoms with Crippen LogP contribution in [0.3, 0.4) is 0 Å². The summed E-state index contributed by atoms with van der Waals surface area (Å²) in [5, 5.41) is 0.224. The fourth-order valence-corrected chi connectivity index (χ4v) is 4.27. The molecule has 2 aliphatic carbocycles. The standard InChI is InChI=1S/C17H14ClNO4/c1-23-17(22)11-7-10(4-5-12(11)18)19-15(20)13-8-2-3-9(6-8)14(13)16(19)21/h2-5,7-9,13-14H,6H2,1H3/t8-,9-,13-,14+/m1/s1. The normalized spacial score (nSPS) is 31.0. The highest BCUT2D eigenvalue weighted by Crippen LogP contribution is 2.53. The van der Waals surface area contributed by atoms with Gasteiger partial charge in [-0.1, -0.05) is 23.8 Å². The molecule has 1 aliphatic heterocycles. The number of carbonyl (C=O) groups is 3. The Balaban J connectivity index is 1.73. The van der Waals surface area contributed by atoms with Crippen molar-refractivity contribution in [3.63, 3.8) is 0 Å². The molecule has 118 valence electrons. The van der Waals surface area contributed by atoms with Crippen LogP contribution in [0.5, 0.6) is 0 Å². The highest BCUT2D eigenvalue weighted by atomic mass is 35.5. The highest BCUT2D eigenvalue weighted by molar-refractivity contribution is 6.34. The molecule has 23 heavy (non-hydrogen) atoms. The molecule has 0 aromatic heterocycles. The summed E-state index contributed by atoms with van der Waals surface area (Å²) in [6.45, 7) is 0. The molecule has 1 saturated heterocycles. The maximum Gasteiger partial charge on any atom is 0.339 e. The molecule has 2 fully saturated rings. The zero-order valence-corrected chi connectivity index (χ0v) is 13.1. The minimum absolute atomic E-state index is 0.144. The lowest BCUT2D eigenvalue weighted by molar-refractivity contribution is -0.123. The van der Waals surface area contributed by atoms with Crippen molar-refractivity contribution in [1.29, 1.82) is 0 Å². The number of allylic oxidation sites excluding steroid dienone is 2. The second kappa shape index (κ2) is 4.93. The maximum absolute atomic E-state index is 12.7. The van der Waals surface area contributed by atoms with Crippen molar-refractivity contribution >= 4 is 35.1 Å². The summed E-state index contributed by atoms with van der Waals surface area (Å²) >= 11 is 6.00. The van der Waals surface area contributed by atoms with E-state index in [-0.39, 0.29) is 46.1 Å². The number of nitrogens with zero attached hydrogens (tertiary/aromatic N) is 1. The van der Waals surface area contributed by atoms with E-state index in [9.17, 15) is 14.4 Å². The van der Waals surface area contributed by atoms with Crippen LogP contribution in [0.4, 0.5) is 5.69 Å². The van der Waals surface area contributed by atoms with E-state index in [0.717, 1.165) is 6.42 Å². The number of carbonyl (C=O) groups excluding carboxylic acids is 3. The number of fused-ring (bicyclic) bond motifs is 5. The van der Waals surface area contributed by atoms with Crippen molar-refractivity contribution in [2.45, 2.75) is 6.42 Å². The van der Waals surface area contributed by atoms with Crippen LogP contribution >= 0.6 is 11.6 Å². The van der Waals surface area contributed by atoms with Crippen molar-refractivity contribution in [3.8, 4) is 0 Å². The van der Waals surface area contributed by atoms with E-state index < -0.39 is 5.97 Å². The van der Waals surface area contributed by atoms with Gasteiger partial charge in [-0.2, -0.15) is 0 Å². The fraction of sp³-hybridized carbons (Fsp3) is 0.353. The number of rotatable bonds is 2. The van der Waals surface area contributed by atoms with Crippen LogP contribution in [0, 0.1) is 23.7 Å². The Morgan fingerprint density at radius 3 is 2.35 bits per heavy atom. The molecule has 2 amide bonds. The van der Waals surface area contributed by atoms with Gasteiger partial charge in [0.25, 0.3) is 0 Å². The smallest absolute Gasteiger partial charge is 0.339 e. The molecule has 1 aromatic rings. The van der Waals surface area contributed by atoms with Crippen LogP contribution in [-0.2, 0) is 14.3 Å². The number of benzene rings is 1. The zero-order valence-electron chi connectivity index (χ0n) is 12.4. The molecular weight excluding hydrogens is 318 g/mol. The minimum atomic E-state index is -0.599. The Morgan fingerprint density at radius 2 is 1.78 bits per heavy atom. The third kappa shape index (κ3) is 1.89. The molecule has 0 N–H and O–H groups in total. The average Bonchev–Trinajstić information content (AvgIpc) is 3.22. The largest absolute Gasteiger partial charge is 0.465 e. The van der Waals surface area contributed by atoms with Crippen molar-refractivity contribution < 1.29 is 19.1 Å². The van der Waals surface area contributed by atoms with E-state index in [1.165, 1.54) is 24.1 Å². The molecule has 0 spiro atoms. The van der Waals surface area contributed by atoms with Gasteiger partial charge < -0.3 is 4.74 Å². The number of imide groups is 1. The van der Waals surface area contributed by atoms with Gasteiger partial charge >= 0.3 is 5.97 Å². The molecule has 1 heterocycles. The molecule has 2 bridgehead atoms. The van der Waals surface area contributed by atoms with Gasteiger partial charge in [0.15, 0.2) is 0 Å². The van der Waals surface area contributed by atoms with E-state index in [1.807, 2.05) is 12.2 Å². The van der Waals surface area contributed by atoms with Gasteiger partial charge in [-0.25, -0.2) is 9.69 Å². The lowest BCUT2D eigenvalue weighted by Gasteiger charge is -2.18. The summed E-state index contributed by atoms with van der Waals surface area (Å²) in [6.07, 6.45) is 4.97. The van der Waals surface area contributed by atoms with E-state index in [2.05, 4.69) is 4.74 Å². The number of esters is 1. The molecular formula is C17H14ClNO4. The van der Waals surface area contributed by atoms with Gasteiger partial charge in [-0.05, 0) is 36.5 Å². The summed E-state index contributed by atoms with van der Waals surface area (Å²) in [6, 6.07) is 4.53. The molecule has 1 aromatic carbocycles. The molecule has 1 saturated carbocycles. The average molecular weight is 332 g/mol. The Labute approximate surface area is 137 Å². The first-order chi connectivity index (χ1) is 11.0. The Bertz CT molecular complexity index is 742. The summed E-state index contributed by atoms with van der Waals surface area (Å²) in [5.74, 6) is -1.20. The predicted molar refractivity (Wildman–Crippen MR) is 83.0 cm³/mol. The SMILES string of the molecule is COC(=O)c1cc(N2C(=O)[C@@H]3[C@H](C2=O)[C@@H]2C=C[C@@H]3C2)ccc1Cl. The first kappa shape index (κ1) is 14.5. The first-order valence-electron chi connectivity index (χ1n) is 7.47. The van der Waals surface area contributed by atoms with Crippen molar-refractivity contribution in [1.82, 2.24) is 0 Å². The molecule has 6 heteroatoms. The van der Waals surface area contributed by atoms with Gasteiger partial charge in [-0.3, -0.25) is 9.59 Å². The van der Waals surface area contributed by atoms with Crippen LogP contribution in [0.25, 0.3) is 0 Å². The third-order valence-electron chi connectivity index (χ3n) is 5.08. The Kier molecular flexibility index (Phi) is 3.10. The predicted octanol–water partition coefficient (Wildman–Crippen LogP) is 2.44. The molecule has 0 unspecified atom stereocenters. The minimum Gasteiger partial charge on any atom is -0.465 e. The maximum atomic E-state index is 12.7. The highest BCUT2D eigenvalue weighted by Gasteiger charge is 2.59. The van der Waals surface area contributed by atoms with E-state index in [0.29, 0.717) is 5.69 Å². The number of ether oxygens (including phenoxy) is 1. The van der Waals surface area contributed by atoms with Gasteiger partial charge in [0, 0.05) is 0 Å². The number of amides is 2. The van der Waals surface area contributed by atoms with Crippen molar-refractivity contribution in [2.24, 2.45) is 23.7 Å². The second-order valence-corrected chi connectivity index (χ2v) is 6.57. The van der Waals surface area contributed by atoms with Gasteiger partial charge in [-0.15, -0.1) is 0 Å². The lowest BCUT2D eigenvalue weighted by Crippen LogP contribution is -2.33. The summed E-state index contributed by atoms with van der Waals surface area (Å²) in [5.41, 5.74) is 0.518. The molecule has 4 atom stereocenters. The van der Waals surface area contributed by atoms with Crippen LogP contribution < -0.4 is 4.90 Å². The van der Waals surface area contributed by atoms with Crippen molar-refractivity contribution in [2.75, 3.05) is 12.0 Å². The Morgan fingerprint density at radius 1 is 1.17 bits per heavy atom. The number of anilines is 1. The molecule has 3 aliphatic rings. The number of halogens is 1. The van der Waals surface area contributed by atoms with Crippen LogP contribution in [0.2, 0.25) is 5.02 Å². The van der Waals surface area contributed by atoms with E-state index in [4.69, 9.17) is 11.6 Å². The zero-order chi connectivity index (χ0) is 16.3. The van der Waals surface area contributed by atoms with Crippen LogP contribution in [0.15, 0.2) is 30.4 Å². The number of hydrogen-bond acceptors (Lipinski definition) is 4. The fourth-order valence-electron chi connectivity index (χ4n) is 4.08. The third-order valence-corrected chi connectivity index (χ3v) is 5.41. The topological polar surface area (TPSA) is 63.7 Å². The first-order valence-corrected chi connectivity index (χ1v) is 7.84. The lowest BCUT2D eigenvalue weighted by atomic mass is 9.85. The molecule has 0 radical (unpaired) electrons. The Hall–Kier alpha value is -2.14. The number of methoxy groups -OCH3 is 1. The van der Waals surface area contributed by atoms with Crippen LogP contribution in [0.1, 0.15) is 16.8 Å². The van der Waals surface area contributed by atoms with Crippen LogP contribution in [-0.4, -0.2) is 24.9 Å². The monoisotopic (exact) mass is 331 g/mol. The van der Waals surface area contributed by atoms with Gasteiger partial charge in [0.2, 0.25) is 11.8 Å². The summed E-state index contributed by atoms with van der Waals surface area (Å²) in [4.78, 5) is 38.5. The van der Waals surface area contributed by atoms with E-state index >= 15 is 0 Å².